The van der Waals surface area contributed by atoms with Crippen molar-refractivity contribution in [2.45, 2.75) is 13.3 Å². The molecule has 1 aromatic heterocycles. The molecule has 15 heavy (non-hydrogen) atoms. The lowest BCUT2D eigenvalue weighted by molar-refractivity contribution is 1.09. The Morgan fingerprint density at radius 2 is 1.87 bits per heavy atom. The molecule has 0 amide bonds. The summed E-state index contributed by atoms with van der Waals surface area (Å²) in [4.78, 5) is 27.4. The van der Waals surface area contributed by atoms with Crippen molar-refractivity contribution in [1.29, 1.82) is 0 Å². The molecule has 4 nitrogen and oxygen atoms in total. The fraction of sp³-hybridized carbons (Fsp3) is 0.200. The zero-order valence-electron chi connectivity index (χ0n) is 8.06. The summed E-state index contributed by atoms with van der Waals surface area (Å²) in [7, 11) is 0. The lowest BCUT2D eigenvalue weighted by Gasteiger charge is -2.04. The number of aromatic amines is 2. The number of halogens is 1. The Bertz CT molecular complexity index is 627. The van der Waals surface area contributed by atoms with E-state index in [1.165, 1.54) is 0 Å². The molecule has 0 atom stereocenters. The number of H-pyrrole nitrogens is 2. The Hall–Kier alpha value is -1.36. The van der Waals surface area contributed by atoms with Gasteiger partial charge in [0.25, 0.3) is 0 Å². The maximum absolute atomic E-state index is 11.2. The highest BCUT2D eigenvalue weighted by molar-refractivity contribution is 9.10. The summed E-state index contributed by atoms with van der Waals surface area (Å²) in [5.41, 5.74) is 1.10. The molecule has 0 saturated carbocycles. The molecule has 0 unspecified atom stereocenters. The number of nitrogens with one attached hydrogen (secondary N) is 2. The normalized spacial score (nSPS) is 10.8. The van der Waals surface area contributed by atoms with Crippen LogP contribution in [0.2, 0.25) is 0 Å². The molecule has 5 heteroatoms. The van der Waals surface area contributed by atoms with E-state index in [0.29, 0.717) is 11.0 Å². The number of benzene rings is 1. The lowest BCUT2D eigenvalue weighted by Crippen LogP contribution is -2.29. The zero-order chi connectivity index (χ0) is 11.0. The number of aryl methyl sites for hydroxylation is 1. The zero-order valence-corrected chi connectivity index (χ0v) is 9.64. The molecule has 0 saturated heterocycles. The second kappa shape index (κ2) is 3.66. The van der Waals surface area contributed by atoms with Gasteiger partial charge in [-0.2, -0.15) is 0 Å². The number of fused-ring (bicyclic) bond motifs is 1. The van der Waals surface area contributed by atoms with E-state index >= 15 is 0 Å². The highest BCUT2D eigenvalue weighted by Crippen LogP contribution is 2.20. The van der Waals surface area contributed by atoms with Gasteiger partial charge in [0.1, 0.15) is 0 Å². The van der Waals surface area contributed by atoms with E-state index < -0.39 is 11.1 Å². The van der Waals surface area contributed by atoms with Crippen LogP contribution in [0.4, 0.5) is 0 Å². The van der Waals surface area contributed by atoms with E-state index in [1.54, 1.807) is 6.07 Å². The largest absolute Gasteiger partial charge is 0.316 e. The first kappa shape index (κ1) is 10.2. The molecule has 0 fully saturated rings. The van der Waals surface area contributed by atoms with Crippen molar-refractivity contribution >= 4 is 27.0 Å². The Morgan fingerprint density at radius 3 is 2.53 bits per heavy atom. The number of aromatic nitrogens is 2. The van der Waals surface area contributed by atoms with Gasteiger partial charge in [-0.1, -0.05) is 22.9 Å². The minimum Gasteiger partial charge on any atom is -0.316 e. The molecule has 0 aliphatic heterocycles. The highest BCUT2D eigenvalue weighted by atomic mass is 79.9. The fourth-order valence-corrected chi connectivity index (χ4v) is 2.04. The first-order chi connectivity index (χ1) is 7.11. The quantitative estimate of drug-likeness (QED) is 0.771. The van der Waals surface area contributed by atoms with Crippen LogP contribution in [0.3, 0.4) is 0 Å². The molecule has 78 valence electrons. The van der Waals surface area contributed by atoms with E-state index in [0.717, 1.165) is 16.5 Å². The van der Waals surface area contributed by atoms with Crippen LogP contribution in [-0.4, -0.2) is 9.97 Å². The van der Waals surface area contributed by atoms with E-state index in [1.807, 2.05) is 13.0 Å². The standard InChI is InChI=1S/C10H9BrN2O2/c1-2-5-3-6(11)4-7-8(5)13-10(15)9(14)12-7/h3-4H,2H2,1H3,(H,12,14)(H,13,15). The van der Waals surface area contributed by atoms with Crippen molar-refractivity contribution in [3.63, 3.8) is 0 Å². The summed E-state index contributed by atoms with van der Waals surface area (Å²) in [5.74, 6) is 0. The molecule has 0 bridgehead atoms. The SMILES string of the molecule is CCc1cc(Br)cc2[nH]c(=O)c(=O)[nH]c12. The first-order valence-corrected chi connectivity index (χ1v) is 5.36. The van der Waals surface area contributed by atoms with Crippen LogP contribution in [0, 0.1) is 0 Å². The fourth-order valence-electron chi connectivity index (χ4n) is 1.54. The molecule has 2 N–H and O–H groups in total. The third-order valence-electron chi connectivity index (χ3n) is 2.26. The van der Waals surface area contributed by atoms with Gasteiger partial charge in [0.15, 0.2) is 0 Å². The molecule has 1 heterocycles. The summed E-state index contributed by atoms with van der Waals surface area (Å²) >= 11 is 3.35. The summed E-state index contributed by atoms with van der Waals surface area (Å²) in [6, 6.07) is 3.70. The monoisotopic (exact) mass is 268 g/mol. The number of rotatable bonds is 1. The van der Waals surface area contributed by atoms with Gasteiger partial charge in [0.05, 0.1) is 11.0 Å². The Labute approximate surface area is 93.5 Å². The van der Waals surface area contributed by atoms with Crippen LogP contribution in [0.5, 0.6) is 0 Å². The minimum absolute atomic E-state index is 0.612. The van der Waals surface area contributed by atoms with Gasteiger partial charge in [-0.15, -0.1) is 0 Å². The predicted octanol–water partition coefficient (Wildman–Crippen LogP) is 1.54. The van der Waals surface area contributed by atoms with Gasteiger partial charge in [-0.3, -0.25) is 9.59 Å². The van der Waals surface area contributed by atoms with Gasteiger partial charge >= 0.3 is 11.1 Å². The summed E-state index contributed by atoms with van der Waals surface area (Å²) in [6.45, 7) is 1.99. The Morgan fingerprint density at radius 1 is 1.20 bits per heavy atom. The summed E-state index contributed by atoms with van der Waals surface area (Å²) in [6.07, 6.45) is 0.790. The van der Waals surface area contributed by atoms with Gasteiger partial charge < -0.3 is 9.97 Å². The molecule has 0 aliphatic rings. The second-order valence-electron chi connectivity index (χ2n) is 3.25. The van der Waals surface area contributed by atoms with Crippen molar-refractivity contribution in [2.75, 3.05) is 0 Å². The van der Waals surface area contributed by atoms with Gasteiger partial charge in [0.2, 0.25) is 0 Å². The van der Waals surface area contributed by atoms with Crippen LogP contribution in [-0.2, 0) is 6.42 Å². The molecule has 1 aromatic carbocycles. The van der Waals surface area contributed by atoms with E-state index in [9.17, 15) is 9.59 Å². The molecule has 0 aliphatic carbocycles. The molecule has 0 spiro atoms. The average Bonchev–Trinajstić information content (AvgIpc) is 2.19. The molecular formula is C10H9BrN2O2. The molecule has 2 aromatic rings. The number of hydrogen-bond donors (Lipinski definition) is 2. The van der Waals surface area contributed by atoms with Crippen molar-refractivity contribution in [3.8, 4) is 0 Å². The van der Waals surface area contributed by atoms with Crippen LogP contribution in [0.15, 0.2) is 26.2 Å². The van der Waals surface area contributed by atoms with E-state index in [2.05, 4.69) is 25.9 Å². The lowest BCUT2D eigenvalue weighted by atomic mass is 10.1. The summed E-state index contributed by atoms with van der Waals surface area (Å²) < 4.78 is 0.884. The molecule has 2 rings (SSSR count). The average molecular weight is 269 g/mol. The second-order valence-corrected chi connectivity index (χ2v) is 4.16. The van der Waals surface area contributed by atoms with Crippen molar-refractivity contribution in [2.24, 2.45) is 0 Å². The van der Waals surface area contributed by atoms with Gasteiger partial charge in [-0.05, 0) is 24.1 Å². The maximum atomic E-state index is 11.2. The van der Waals surface area contributed by atoms with Crippen LogP contribution >= 0.6 is 15.9 Å². The topological polar surface area (TPSA) is 65.7 Å². The maximum Gasteiger partial charge on any atom is 0.314 e. The van der Waals surface area contributed by atoms with Crippen LogP contribution in [0.1, 0.15) is 12.5 Å². The van der Waals surface area contributed by atoms with E-state index in [-0.39, 0.29) is 0 Å². The van der Waals surface area contributed by atoms with Gasteiger partial charge in [0, 0.05) is 4.47 Å². The van der Waals surface area contributed by atoms with Crippen molar-refractivity contribution < 1.29 is 0 Å². The third-order valence-corrected chi connectivity index (χ3v) is 2.72. The Balaban J connectivity index is 2.97. The highest BCUT2D eigenvalue weighted by Gasteiger charge is 2.04. The number of hydrogen-bond acceptors (Lipinski definition) is 2. The van der Waals surface area contributed by atoms with Gasteiger partial charge in [-0.25, -0.2) is 0 Å². The smallest absolute Gasteiger partial charge is 0.314 e. The molecule has 0 radical (unpaired) electrons. The predicted molar refractivity (Wildman–Crippen MR) is 62.3 cm³/mol. The third kappa shape index (κ3) is 1.74. The van der Waals surface area contributed by atoms with Crippen molar-refractivity contribution in [1.82, 2.24) is 9.97 Å². The minimum atomic E-state index is -0.623. The Kier molecular flexibility index (Phi) is 2.48. The van der Waals surface area contributed by atoms with Crippen LogP contribution in [0.25, 0.3) is 11.0 Å². The van der Waals surface area contributed by atoms with Crippen LogP contribution < -0.4 is 11.1 Å². The van der Waals surface area contributed by atoms with Crippen molar-refractivity contribution in [3.05, 3.63) is 42.9 Å². The molecular weight excluding hydrogens is 260 g/mol. The van der Waals surface area contributed by atoms with E-state index in [4.69, 9.17) is 0 Å². The summed E-state index contributed by atoms with van der Waals surface area (Å²) in [5, 5.41) is 0. The first-order valence-electron chi connectivity index (χ1n) is 4.56.